The predicted molar refractivity (Wildman–Crippen MR) is 70.5 cm³/mol. The highest BCUT2D eigenvalue weighted by atomic mass is 19.1. The Morgan fingerprint density at radius 1 is 1.39 bits per heavy atom. The fourth-order valence-corrected chi connectivity index (χ4v) is 2.15. The van der Waals surface area contributed by atoms with Crippen molar-refractivity contribution >= 4 is 16.7 Å². The number of H-pyrrole nitrogens is 1. The molecule has 0 atom stereocenters. The fourth-order valence-electron chi connectivity index (χ4n) is 2.15. The number of rotatable bonds is 4. The van der Waals surface area contributed by atoms with Crippen LogP contribution in [-0.2, 0) is 6.42 Å². The molecule has 0 unspecified atom stereocenters. The number of nitrogens with one attached hydrogen (secondary N) is 1. The quantitative estimate of drug-likeness (QED) is 0.844. The Morgan fingerprint density at radius 3 is 2.72 bits per heavy atom. The van der Waals surface area contributed by atoms with Gasteiger partial charge in [0.2, 0.25) is 0 Å². The van der Waals surface area contributed by atoms with Gasteiger partial charge in [0.05, 0.1) is 0 Å². The third-order valence-electron chi connectivity index (χ3n) is 3.06. The number of hydrogen-bond donors (Lipinski definition) is 1. The van der Waals surface area contributed by atoms with E-state index in [4.69, 9.17) is 0 Å². The summed E-state index contributed by atoms with van der Waals surface area (Å²) in [5, 5.41) is 0.726. The van der Waals surface area contributed by atoms with Gasteiger partial charge in [-0.25, -0.2) is 0 Å². The van der Waals surface area contributed by atoms with Crippen LogP contribution in [0.15, 0.2) is 18.2 Å². The molecule has 0 spiro atoms. The lowest BCUT2D eigenvalue weighted by Crippen LogP contribution is -2.15. The van der Waals surface area contributed by atoms with Crippen molar-refractivity contribution in [3.63, 3.8) is 0 Å². The number of nitrogens with zero attached hydrogens (tertiary/aromatic N) is 1. The number of hydrogen-bond acceptors (Lipinski definition) is 2. The highest BCUT2D eigenvalue weighted by Gasteiger charge is 2.16. The number of likely N-dealkylation sites (N-methyl/N-ethyl adjacent to an activating group) is 1. The number of carbonyl (C=O) groups excluding carboxylic acids is 1. The number of benzene rings is 1. The van der Waals surface area contributed by atoms with Gasteiger partial charge in [-0.3, -0.25) is 4.79 Å². The molecule has 2 rings (SSSR count). The maximum Gasteiger partial charge on any atom is 0.195 e. The third kappa shape index (κ3) is 2.29. The lowest BCUT2D eigenvalue weighted by atomic mass is 10.0. The van der Waals surface area contributed by atoms with E-state index in [2.05, 4.69) is 4.98 Å². The van der Waals surface area contributed by atoms with Crippen molar-refractivity contribution in [1.82, 2.24) is 9.88 Å². The van der Waals surface area contributed by atoms with Gasteiger partial charge in [0.25, 0.3) is 0 Å². The minimum Gasteiger partial charge on any atom is -0.331 e. The van der Waals surface area contributed by atoms with Crippen LogP contribution >= 0.6 is 0 Å². The molecule has 0 bridgehead atoms. The van der Waals surface area contributed by atoms with E-state index in [1.165, 1.54) is 6.92 Å². The van der Waals surface area contributed by atoms with Crippen molar-refractivity contribution in [3.8, 4) is 0 Å². The summed E-state index contributed by atoms with van der Waals surface area (Å²) in [5.74, 6) is -0.369. The maximum atomic E-state index is 13.9. The van der Waals surface area contributed by atoms with Crippen LogP contribution in [0.5, 0.6) is 0 Å². The molecule has 0 aliphatic rings. The molecule has 18 heavy (non-hydrogen) atoms. The van der Waals surface area contributed by atoms with Gasteiger partial charge in [0.15, 0.2) is 11.7 Å². The average molecular weight is 248 g/mol. The van der Waals surface area contributed by atoms with Crippen LogP contribution in [0.3, 0.4) is 0 Å². The molecule has 2 aromatic rings. The van der Waals surface area contributed by atoms with Gasteiger partial charge in [-0.1, -0.05) is 12.1 Å². The lowest BCUT2D eigenvalue weighted by molar-refractivity contribution is 0.101. The Hall–Kier alpha value is -1.68. The zero-order chi connectivity index (χ0) is 13.3. The monoisotopic (exact) mass is 248 g/mol. The zero-order valence-electron chi connectivity index (χ0n) is 10.9. The molecular formula is C14H17FN2O. The molecule has 96 valence electrons. The van der Waals surface area contributed by atoms with Gasteiger partial charge in [0, 0.05) is 28.6 Å². The Balaban J connectivity index is 2.56. The van der Waals surface area contributed by atoms with Gasteiger partial charge in [0.1, 0.15) is 0 Å². The zero-order valence-corrected chi connectivity index (χ0v) is 10.9. The second-order valence-electron chi connectivity index (χ2n) is 4.76. The summed E-state index contributed by atoms with van der Waals surface area (Å²) in [6.45, 7) is 2.26. The van der Waals surface area contributed by atoms with E-state index in [-0.39, 0.29) is 11.7 Å². The van der Waals surface area contributed by atoms with Crippen LogP contribution in [0.1, 0.15) is 22.8 Å². The molecule has 1 aromatic carbocycles. The number of Topliss-reactive ketones (excluding diaryl/α,β-unsaturated/α-hetero) is 1. The van der Waals surface area contributed by atoms with Crippen LogP contribution in [0.2, 0.25) is 0 Å². The molecule has 0 radical (unpaired) electrons. The Labute approximate surface area is 106 Å². The maximum absolute atomic E-state index is 13.9. The number of aromatic nitrogens is 1. The van der Waals surface area contributed by atoms with E-state index in [1.54, 1.807) is 18.2 Å². The van der Waals surface area contributed by atoms with Crippen molar-refractivity contribution in [3.05, 3.63) is 35.3 Å². The summed E-state index contributed by atoms with van der Waals surface area (Å²) in [5.41, 5.74) is 1.87. The minimum absolute atomic E-state index is 0.0364. The summed E-state index contributed by atoms with van der Waals surface area (Å²) in [6.07, 6.45) is 0.586. The number of halogens is 1. The van der Waals surface area contributed by atoms with E-state index in [9.17, 15) is 9.18 Å². The van der Waals surface area contributed by atoms with Crippen LogP contribution < -0.4 is 0 Å². The molecule has 1 N–H and O–H groups in total. The standard InChI is InChI=1S/C14H17FN2O/c1-9(18)10-5-4-6-12-13(10)11(14(15)16-12)7-8-17(2)3/h4-6,16H,7-8H2,1-3H3. The number of carbonyl (C=O) groups is 1. The summed E-state index contributed by atoms with van der Waals surface area (Å²) >= 11 is 0. The van der Waals surface area contributed by atoms with Gasteiger partial charge in [-0.2, -0.15) is 4.39 Å². The molecule has 1 heterocycles. The Kier molecular flexibility index (Phi) is 3.48. The molecule has 0 saturated heterocycles. The molecule has 0 aliphatic carbocycles. The SMILES string of the molecule is CC(=O)c1cccc2[nH]c(F)c(CCN(C)C)c12. The van der Waals surface area contributed by atoms with Crippen molar-refractivity contribution in [2.24, 2.45) is 0 Å². The van der Waals surface area contributed by atoms with Crippen LogP contribution in [0, 0.1) is 5.95 Å². The van der Waals surface area contributed by atoms with Crippen molar-refractivity contribution in [1.29, 1.82) is 0 Å². The van der Waals surface area contributed by atoms with E-state index in [0.29, 0.717) is 23.1 Å². The number of ketones is 1. The van der Waals surface area contributed by atoms with Gasteiger partial charge >= 0.3 is 0 Å². The molecule has 0 amide bonds. The first-order valence-electron chi connectivity index (χ1n) is 5.95. The van der Waals surface area contributed by atoms with Crippen LogP contribution in [-0.4, -0.2) is 36.3 Å². The smallest absolute Gasteiger partial charge is 0.195 e. The minimum atomic E-state index is -0.333. The summed E-state index contributed by atoms with van der Waals surface area (Å²) < 4.78 is 13.9. The first-order valence-corrected chi connectivity index (χ1v) is 5.95. The van der Waals surface area contributed by atoms with Crippen molar-refractivity contribution in [2.75, 3.05) is 20.6 Å². The van der Waals surface area contributed by atoms with Crippen LogP contribution in [0.4, 0.5) is 4.39 Å². The second kappa shape index (κ2) is 4.90. The molecular weight excluding hydrogens is 231 g/mol. The van der Waals surface area contributed by atoms with E-state index in [0.717, 1.165) is 11.9 Å². The predicted octanol–water partition coefficient (Wildman–Crippen LogP) is 2.61. The number of aromatic amines is 1. The summed E-state index contributed by atoms with van der Waals surface area (Å²) in [4.78, 5) is 16.3. The molecule has 0 aliphatic heterocycles. The first kappa shape index (κ1) is 12.8. The van der Waals surface area contributed by atoms with Crippen molar-refractivity contribution in [2.45, 2.75) is 13.3 Å². The molecule has 1 aromatic heterocycles. The van der Waals surface area contributed by atoms with Crippen molar-refractivity contribution < 1.29 is 9.18 Å². The summed E-state index contributed by atoms with van der Waals surface area (Å²) in [7, 11) is 3.89. The topological polar surface area (TPSA) is 36.1 Å². The largest absolute Gasteiger partial charge is 0.331 e. The normalized spacial score (nSPS) is 11.4. The van der Waals surface area contributed by atoms with Gasteiger partial charge in [-0.05, 0) is 33.5 Å². The second-order valence-corrected chi connectivity index (χ2v) is 4.76. The van der Waals surface area contributed by atoms with Crippen LogP contribution in [0.25, 0.3) is 10.9 Å². The third-order valence-corrected chi connectivity index (χ3v) is 3.06. The fraction of sp³-hybridized carbons (Fsp3) is 0.357. The molecule has 4 heteroatoms. The highest BCUT2D eigenvalue weighted by molar-refractivity contribution is 6.07. The molecule has 3 nitrogen and oxygen atoms in total. The van der Waals surface area contributed by atoms with Gasteiger partial charge < -0.3 is 9.88 Å². The van der Waals surface area contributed by atoms with E-state index < -0.39 is 0 Å². The Morgan fingerprint density at radius 2 is 2.11 bits per heavy atom. The lowest BCUT2D eigenvalue weighted by Gasteiger charge is -2.09. The molecule has 0 saturated carbocycles. The van der Waals surface area contributed by atoms with Gasteiger partial charge in [-0.15, -0.1) is 0 Å². The summed E-state index contributed by atoms with van der Waals surface area (Å²) in [6, 6.07) is 5.31. The number of fused-ring (bicyclic) bond motifs is 1. The first-order chi connectivity index (χ1) is 8.50. The average Bonchev–Trinajstić information content (AvgIpc) is 2.61. The Bertz CT molecular complexity index is 587. The van der Waals surface area contributed by atoms with E-state index >= 15 is 0 Å². The molecule has 0 fully saturated rings. The highest BCUT2D eigenvalue weighted by Crippen LogP contribution is 2.26. The van der Waals surface area contributed by atoms with E-state index in [1.807, 2.05) is 19.0 Å².